The highest BCUT2D eigenvalue weighted by Gasteiger charge is 2.53. The van der Waals surface area contributed by atoms with Gasteiger partial charge in [-0.3, -0.25) is 38.4 Å². The lowest BCUT2D eigenvalue weighted by atomic mass is 9.85. The molecular formula is C58H72FN9O13S. The van der Waals surface area contributed by atoms with Gasteiger partial charge in [-0.1, -0.05) is 57.2 Å². The molecule has 1 saturated carbocycles. The number of thiazole rings is 1. The summed E-state index contributed by atoms with van der Waals surface area (Å²) < 4.78 is 31.7. The number of nitrogens with zero attached hydrogens (tertiary/aromatic N) is 3. The number of aliphatic hydroxyl groups is 1. The van der Waals surface area contributed by atoms with E-state index in [1.54, 1.807) is 38.4 Å². The summed E-state index contributed by atoms with van der Waals surface area (Å²) in [7, 11) is 1.50. The number of amides is 7. The molecule has 1 unspecified atom stereocenters. The van der Waals surface area contributed by atoms with E-state index in [9.17, 15) is 53.0 Å². The number of rotatable bonds is 27. The van der Waals surface area contributed by atoms with Crippen molar-refractivity contribution in [3.05, 3.63) is 111 Å². The number of carbonyl (C=O) groups excluding carboxylic acids is 8. The summed E-state index contributed by atoms with van der Waals surface area (Å²) in [6.45, 7) is 7.40. The summed E-state index contributed by atoms with van der Waals surface area (Å²) in [6.07, 6.45) is 1.62. The van der Waals surface area contributed by atoms with Crippen molar-refractivity contribution in [2.45, 2.75) is 103 Å². The number of phenols is 1. The molecular weight excluding hydrogens is 1080 g/mol. The number of benzene rings is 3. The Morgan fingerprint density at radius 1 is 0.951 bits per heavy atom. The molecule has 2 aliphatic carbocycles. The van der Waals surface area contributed by atoms with E-state index in [1.807, 2.05) is 37.3 Å². The molecule has 24 heteroatoms. The summed E-state index contributed by atoms with van der Waals surface area (Å²) in [4.78, 5) is 112. The van der Waals surface area contributed by atoms with Crippen molar-refractivity contribution < 1.29 is 67.2 Å². The number of alkyl halides is 1. The Morgan fingerprint density at radius 2 is 1.68 bits per heavy atom. The fourth-order valence-corrected chi connectivity index (χ4v) is 10.2. The molecule has 440 valence electrons. The maximum absolute atomic E-state index is 14.6. The number of nitrogens with one attached hydrogen (secondary N) is 5. The Bertz CT molecular complexity index is 3050. The Hall–Kier alpha value is -7.80. The lowest BCUT2D eigenvalue weighted by Gasteiger charge is -2.35. The summed E-state index contributed by atoms with van der Waals surface area (Å²) in [5.74, 6) is -4.72. The minimum Gasteiger partial charge on any atom is -0.507 e. The maximum atomic E-state index is 14.6. The zero-order chi connectivity index (χ0) is 59.3. The molecule has 0 bridgehead atoms. The van der Waals surface area contributed by atoms with Crippen LogP contribution in [0, 0.1) is 12.3 Å². The van der Waals surface area contributed by atoms with E-state index in [1.165, 1.54) is 40.3 Å². The Balaban J connectivity index is 0.772. The maximum Gasteiger partial charge on any atom is 0.267 e. The number of aryl methyl sites for hydroxylation is 2. The molecule has 7 amide bonds. The van der Waals surface area contributed by atoms with Crippen LogP contribution in [0.3, 0.4) is 0 Å². The number of β-amino-alcohol motifs (C(OH)–C–C–N with tert-alkyl or cyclic N) is 1. The second-order valence-electron chi connectivity index (χ2n) is 21.6. The lowest BCUT2D eigenvalue weighted by Crippen LogP contribution is -2.59. The van der Waals surface area contributed by atoms with Crippen LogP contribution in [0.1, 0.15) is 102 Å². The molecule has 2 heterocycles. The van der Waals surface area contributed by atoms with Crippen LogP contribution >= 0.6 is 11.3 Å². The van der Waals surface area contributed by atoms with Gasteiger partial charge >= 0.3 is 0 Å². The van der Waals surface area contributed by atoms with Gasteiger partial charge < -0.3 is 66.5 Å². The molecule has 3 aliphatic rings. The summed E-state index contributed by atoms with van der Waals surface area (Å²) in [6, 6.07) is 14.4. The SMILES string of the molecule is Cc1ncsc1-c1ccc(CNC(=O)[C@@H]2C[C@@H](O)CN2C(=O)[C@@H](NC(=O)C2(F)CC2)C(C)(C)C)c(OCC(=O)NCCOCCOCCC(=O)NCCN(C)C(=O)c2ccc(C(=O)C=C(N)C(=O)NC3CCc4ccccc43)cc2O)c1. The molecule has 1 aromatic heterocycles. The predicted octanol–water partition coefficient (Wildman–Crippen LogP) is 3.07. The minimum absolute atomic E-state index is 0.0211. The van der Waals surface area contributed by atoms with Crippen LogP contribution in [0.4, 0.5) is 4.39 Å². The molecule has 0 spiro atoms. The minimum atomic E-state index is -2.02. The largest absolute Gasteiger partial charge is 0.507 e. The van der Waals surface area contributed by atoms with Crippen molar-refractivity contribution in [1.29, 1.82) is 0 Å². The van der Waals surface area contributed by atoms with Crippen LogP contribution in [-0.4, -0.2) is 162 Å². The van der Waals surface area contributed by atoms with E-state index in [2.05, 4.69) is 31.6 Å². The van der Waals surface area contributed by atoms with Crippen LogP contribution < -0.4 is 37.1 Å². The molecule has 82 heavy (non-hydrogen) atoms. The van der Waals surface area contributed by atoms with Crippen LogP contribution in [0.25, 0.3) is 10.4 Å². The molecule has 2 fully saturated rings. The van der Waals surface area contributed by atoms with Crippen molar-refractivity contribution in [1.82, 2.24) is 41.4 Å². The predicted molar refractivity (Wildman–Crippen MR) is 300 cm³/mol. The summed E-state index contributed by atoms with van der Waals surface area (Å²) in [5, 5.41) is 35.0. The van der Waals surface area contributed by atoms with Crippen molar-refractivity contribution in [3.8, 4) is 21.9 Å². The zero-order valence-corrected chi connectivity index (χ0v) is 47.5. The van der Waals surface area contributed by atoms with Crippen molar-refractivity contribution >= 4 is 58.5 Å². The molecule has 9 N–H and O–H groups in total. The van der Waals surface area contributed by atoms with Crippen LogP contribution in [0.2, 0.25) is 0 Å². The van der Waals surface area contributed by atoms with E-state index in [0.717, 1.165) is 45.8 Å². The van der Waals surface area contributed by atoms with E-state index in [0.29, 0.717) is 17.7 Å². The first-order valence-electron chi connectivity index (χ1n) is 27.1. The smallest absolute Gasteiger partial charge is 0.267 e. The van der Waals surface area contributed by atoms with Gasteiger partial charge in [0.15, 0.2) is 18.1 Å². The van der Waals surface area contributed by atoms with E-state index < -0.39 is 76.2 Å². The Morgan fingerprint density at radius 3 is 2.39 bits per heavy atom. The second kappa shape index (κ2) is 27.8. The first-order valence-corrected chi connectivity index (χ1v) is 28.0. The standard InChI is InChI=1S/C58H72FN9O13S/c1-34-50(82-33-64-34)37-10-11-38(30-63-53(75)44-28-39(69)31-68(44)55(77)51(57(2,3)4)66-56(78)58(59)17-18-58)47(27-37)81-32-49(73)62-20-23-80-25-24-79-22-16-48(72)61-19-21-67(5)54(76)41-14-12-36(26-46(41)71)45(70)29-42(60)52(74)65-43-15-13-35-8-6-7-9-40(35)43/h6-12,14,26-27,29,33,39,43-44,51,69,71H,13,15-25,28,30-32,60H2,1-5H3,(H,61,72)(H,62,73)(H,63,75)(H,65,74)(H,66,78)/t39-,43?,44+,51-/m1/s1. The first-order chi connectivity index (χ1) is 39.0. The van der Waals surface area contributed by atoms with Gasteiger partial charge in [-0.2, -0.15) is 0 Å². The van der Waals surface area contributed by atoms with Gasteiger partial charge in [-0.25, -0.2) is 9.37 Å². The molecule has 1 saturated heterocycles. The quantitative estimate of drug-likeness (QED) is 0.0242. The number of aromatic hydroxyl groups is 1. The summed E-state index contributed by atoms with van der Waals surface area (Å²) >= 11 is 1.42. The molecule has 22 nitrogen and oxygen atoms in total. The van der Waals surface area contributed by atoms with Gasteiger partial charge in [0.1, 0.15) is 29.3 Å². The molecule has 3 aromatic carbocycles. The number of hydrogen-bond acceptors (Lipinski definition) is 16. The van der Waals surface area contributed by atoms with Crippen LogP contribution in [0.5, 0.6) is 11.5 Å². The number of ketones is 1. The Labute approximate surface area is 478 Å². The highest BCUT2D eigenvalue weighted by molar-refractivity contribution is 7.13. The van der Waals surface area contributed by atoms with Gasteiger partial charge in [0, 0.05) is 69.8 Å². The number of halogens is 1. The number of nitrogens with two attached hydrogens (primary N) is 1. The zero-order valence-electron chi connectivity index (χ0n) is 46.6. The second-order valence-corrected chi connectivity index (χ2v) is 22.4. The average molecular weight is 1150 g/mol. The van der Waals surface area contributed by atoms with Crippen molar-refractivity contribution in [2.75, 3.05) is 66.3 Å². The van der Waals surface area contributed by atoms with Crippen LogP contribution in [-0.2, 0) is 51.2 Å². The fraction of sp³-hybridized carbons (Fsp3) is 0.466. The van der Waals surface area contributed by atoms with Gasteiger partial charge in [0.25, 0.3) is 23.6 Å². The van der Waals surface area contributed by atoms with Gasteiger partial charge in [-0.15, -0.1) is 11.3 Å². The average Bonchev–Trinajstić information content (AvgIpc) is 3.93. The number of aliphatic hydroxyl groups excluding tert-OH is 1. The normalized spacial score (nSPS) is 17.5. The monoisotopic (exact) mass is 1150 g/mol. The molecule has 0 radical (unpaired) electrons. The molecule has 1 aliphatic heterocycles. The van der Waals surface area contributed by atoms with Crippen LogP contribution in [0.15, 0.2) is 77.9 Å². The van der Waals surface area contributed by atoms with Crippen molar-refractivity contribution in [3.63, 3.8) is 0 Å². The Kier molecular flexibility index (Phi) is 20.9. The number of ether oxygens (including phenoxy) is 3. The van der Waals surface area contributed by atoms with E-state index >= 15 is 0 Å². The van der Waals surface area contributed by atoms with Crippen molar-refractivity contribution in [2.24, 2.45) is 11.1 Å². The molecule has 4 atom stereocenters. The number of hydrogen-bond donors (Lipinski definition) is 8. The third-order valence-corrected chi connectivity index (χ3v) is 15.2. The van der Waals surface area contributed by atoms with E-state index in [-0.39, 0.29) is 120 Å². The fourth-order valence-electron chi connectivity index (χ4n) is 9.38. The number of phenolic OH excluding ortho intramolecular Hbond substituents is 1. The number of carbonyl (C=O) groups is 8. The summed E-state index contributed by atoms with van der Waals surface area (Å²) in [5.41, 5.74) is 8.71. The highest BCUT2D eigenvalue weighted by atomic mass is 32.1. The number of likely N-dealkylation sites (N-methyl/N-ethyl adjacent to an activating group) is 1. The van der Waals surface area contributed by atoms with Gasteiger partial charge in [0.2, 0.25) is 17.7 Å². The third-order valence-electron chi connectivity index (χ3n) is 14.3. The number of likely N-dealkylation sites (tertiary alicyclic amines) is 1. The first kappa shape index (κ1) is 61.8. The molecule has 7 rings (SSSR count). The lowest BCUT2D eigenvalue weighted by molar-refractivity contribution is -0.145. The third kappa shape index (κ3) is 16.4. The number of aromatic nitrogens is 1. The number of allylic oxidation sites excluding steroid dienone is 1. The van der Waals surface area contributed by atoms with Gasteiger partial charge in [-0.05, 0) is 79.0 Å². The van der Waals surface area contributed by atoms with Gasteiger partial charge in [0.05, 0.1) is 60.2 Å². The number of fused-ring (bicyclic) bond motifs is 1. The highest BCUT2D eigenvalue weighted by Crippen LogP contribution is 2.41. The van der Waals surface area contributed by atoms with E-state index in [4.69, 9.17) is 19.9 Å². The molecule has 4 aromatic rings. The topological polar surface area (TPSA) is 310 Å².